The van der Waals surface area contributed by atoms with Crippen molar-refractivity contribution in [2.75, 3.05) is 13.2 Å². The lowest BCUT2D eigenvalue weighted by molar-refractivity contribution is -0.0135. The lowest BCUT2D eigenvalue weighted by atomic mass is 10.1. The highest BCUT2D eigenvalue weighted by atomic mass is 32.1. The summed E-state index contributed by atoms with van der Waals surface area (Å²) >= 11 is 1.45. The van der Waals surface area contributed by atoms with Crippen LogP contribution in [0.5, 0.6) is 5.75 Å². The number of ether oxygens (including phenoxy) is 2. The van der Waals surface area contributed by atoms with Gasteiger partial charge in [-0.3, -0.25) is 4.79 Å². The van der Waals surface area contributed by atoms with Gasteiger partial charge in [-0.2, -0.15) is 0 Å². The molecule has 2 heterocycles. The second kappa shape index (κ2) is 7.74. The van der Waals surface area contributed by atoms with E-state index in [0.29, 0.717) is 31.1 Å². The molecular weight excluding hydrogens is 328 g/mol. The summed E-state index contributed by atoms with van der Waals surface area (Å²) in [7, 11) is 0. The number of thiazole rings is 1. The molecule has 3 rings (SSSR count). The van der Waals surface area contributed by atoms with Gasteiger partial charge in [0.05, 0.1) is 24.3 Å². The lowest BCUT2D eigenvalue weighted by Gasteiger charge is -2.32. The van der Waals surface area contributed by atoms with Gasteiger partial charge in [0.15, 0.2) is 0 Å². The molecule has 1 aliphatic heterocycles. The molecule has 0 spiro atoms. The van der Waals surface area contributed by atoms with E-state index >= 15 is 0 Å². The third kappa shape index (κ3) is 4.11. The van der Waals surface area contributed by atoms with Gasteiger partial charge in [0.1, 0.15) is 17.5 Å². The van der Waals surface area contributed by atoms with Gasteiger partial charge in [-0.25, -0.2) is 4.98 Å². The van der Waals surface area contributed by atoms with Crippen molar-refractivity contribution >= 4 is 17.2 Å². The highest BCUT2D eigenvalue weighted by Crippen LogP contribution is 2.19. The first-order valence-electron chi connectivity index (χ1n) is 7.83. The molecule has 0 aliphatic carbocycles. The Morgan fingerprint density at radius 1 is 1.46 bits per heavy atom. The molecule has 0 radical (unpaired) electrons. The largest absolute Gasteiger partial charge is 0.486 e. The van der Waals surface area contributed by atoms with Crippen LogP contribution in [0.1, 0.15) is 27.5 Å². The number of nitrogens with zero attached hydrogens (tertiary/aromatic N) is 1. The maximum atomic E-state index is 12.3. The van der Waals surface area contributed by atoms with E-state index in [9.17, 15) is 4.79 Å². The first-order chi connectivity index (χ1) is 11.7. The van der Waals surface area contributed by atoms with Crippen LogP contribution in [-0.2, 0) is 11.3 Å². The summed E-state index contributed by atoms with van der Waals surface area (Å²) < 4.78 is 11.5. The van der Waals surface area contributed by atoms with Crippen LogP contribution in [0.4, 0.5) is 0 Å². The molecule has 1 aromatic heterocycles. The van der Waals surface area contributed by atoms with Crippen molar-refractivity contribution in [3.63, 3.8) is 0 Å². The van der Waals surface area contributed by atoms with E-state index in [1.54, 1.807) is 5.38 Å². The van der Waals surface area contributed by atoms with Crippen molar-refractivity contribution in [2.24, 2.45) is 0 Å². The molecule has 128 valence electrons. The van der Waals surface area contributed by atoms with Crippen LogP contribution in [-0.4, -0.2) is 41.4 Å². The van der Waals surface area contributed by atoms with Gasteiger partial charge in [-0.15, -0.1) is 11.3 Å². The number of carbonyl (C=O) groups excluding carboxylic acids is 1. The zero-order chi connectivity index (χ0) is 16.9. The minimum atomic E-state index is -0.262. The van der Waals surface area contributed by atoms with Crippen molar-refractivity contribution < 1.29 is 19.4 Å². The first-order valence-corrected chi connectivity index (χ1v) is 8.71. The SMILES string of the molecule is Cc1nc(C(=O)N[C@@H]2CCOC[C@H]2Oc2ccc(CO)cc2)cs1. The molecule has 2 N–H and O–H groups in total. The molecule has 1 fully saturated rings. The first kappa shape index (κ1) is 16.9. The molecule has 2 aromatic rings. The van der Waals surface area contributed by atoms with Crippen LogP contribution < -0.4 is 10.1 Å². The van der Waals surface area contributed by atoms with E-state index < -0.39 is 0 Å². The highest BCUT2D eigenvalue weighted by Gasteiger charge is 2.29. The molecule has 7 heteroatoms. The topological polar surface area (TPSA) is 80.7 Å². The summed E-state index contributed by atoms with van der Waals surface area (Å²) in [6.45, 7) is 2.88. The normalized spacial score (nSPS) is 20.6. The number of benzene rings is 1. The number of aliphatic hydroxyl groups is 1. The van der Waals surface area contributed by atoms with Gasteiger partial charge in [0.2, 0.25) is 0 Å². The molecule has 0 saturated carbocycles. The van der Waals surface area contributed by atoms with Crippen molar-refractivity contribution in [3.05, 3.63) is 45.9 Å². The number of aliphatic hydroxyl groups excluding tert-OH is 1. The minimum absolute atomic E-state index is 0.00143. The Bertz CT molecular complexity index is 686. The van der Waals surface area contributed by atoms with Gasteiger partial charge in [0, 0.05) is 12.0 Å². The Balaban J connectivity index is 1.65. The van der Waals surface area contributed by atoms with E-state index in [-0.39, 0.29) is 24.7 Å². The van der Waals surface area contributed by atoms with Gasteiger partial charge >= 0.3 is 0 Å². The minimum Gasteiger partial charge on any atom is -0.486 e. The fourth-order valence-corrected chi connectivity index (χ4v) is 3.14. The van der Waals surface area contributed by atoms with Crippen LogP contribution in [0.25, 0.3) is 0 Å². The maximum absolute atomic E-state index is 12.3. The fourth-order valence-electron chi connectivity index (χ4n) is 2.55. The smallest absolute Gasteiger partial charge is 0.271 e. The molecule has 1 aliphatic rings. The molecule has 2 atom stereocenters. The van der Waals surface area contributed by atoms with E-state index in [2.05, 4.69) is 10.3 Å². The molecule has 1 amide bonds. The second-order valence-electron chi connectivity index (χ2n) is 5.65. The summed E-state index contributed by atoms with van der Waals surface area (Å²) in [4.78, 5) is 16.5. The predicted octanol–water partition coefficient (Wildman–Crippen LogP) is 1.91. The zero-order valence-electron chi connectivity index (χ0n) is 13.4. The standard InChI is InChI=1S/C17H20N2O4S/c1-11-18-15(10-24-11)17(21)19-14-6-7-22-9-16(14)23-13-4-2-12(8-20)3-5-13/h2-5,10,14,16,20H,6-9H2,1H3,(H,19,21)/t14-,16-/m1/s1. The molecule has 6 nitrogen and oxygen atoms in total. The number of nitrogens with one attached hydrogen (secondary N) is 1. The lowest BCUT2D eigenvalue weighted by Crippen LogP contribution is -2.51. The van der Waals surface area contributed by atoms with Crippen LogP contribution >= 0.6 is 11.3 Å². The third-order valence-electron chi connectivity index (χ3n) is 3.87. The van der Waals surface area contributed by atoms with Crippen molar-refractivity contribution in [1.82, 2.24) is 10.3 Å². The Hall–Kier alpha value is -1.96. The summed E-state index contributed by atoms with van der Waals surface area (Å²) in [5.41, 5.74) is 1.26. The number of aromatic nitrogens is 1. The fraction of sp³-hybridized carbons (Fsp3) is 0.412. The quantitative estimate of drug-likeness (QED) is 0.863. The monoisotopic (exact) mass is 348 g/mol. The summed E-state index contributed by atoms with van der Waals surface area (Å²) in [5, 5.41) is 14.7. The van der Waals surface area contributed by atoms with Gasteiger partial charge in [0.25, 0.3) is 5.91 Å². The molecular formula is C17H20N2O4S. The number of aryl methyl sites for hydroxylation is 1. The number of carbonyl (C=O) groups is 1. The van der Waals surface area contributed by atoms with Gasteiger partial charge in [-0.05, 0) is 31.0 Å². The Morgan fingerprint density at radius 2 is 2.25 bits per heavy atom. The Labute approximate surface area is 144 Å². The number of amides is 1. The van der Waals surface area contributed by atoms with Crippen LogP contribution in [0.2, 0.25) is 0 Å². The van der Waals surface area contributed by atoms with Crippen molar-refractivity contribution in [1.29, 1.82) is 0 Å². The average Bonchev–Trinajstić information content (AvgIpc) is 3.04. The molecule has 0 bridgehead atoms. The third-order valence-corrected chi connectivity index (χ3v) is 4.64. The summed E-state index contributed by atoms with van der Waals surface area (Å²) in [5.74, 6) is 0.502. The average molecular weight is 348 g/mol. The maximum Gasteiger partial charge on any atom is 0.271 e. The van der Waals surface area contributed by atoms with Crippen LogP contribution in [0.15, 0.2) is 29.6 Å². The summed E-state index contributed by atoms with van der Waals surface area (Å²) in [6, 6.07) is 7.10. The van der Waals surface area contributed by atoms with Crippen LogP contribution in [0, 0.1) is 6.92 Å². The van der Waals surface area contributed by atoms with E-state index in [1.807, 2.05) is 31.2 Å². The molecule has 24 heavy (non-hydrogen) atoms. The molecule has 1 saturated heterocycles. The van der Waals surface area contributed by atoms with Crippen LogP contribution in [0.3, 0.4) is 0 Å². The Morgan fingerprint density at radius 3 is 2.92 bits per heavy atom. The second-order valence-corrected chi connectivity index (χ2v) is 6.72. The zero-order valence-corrected chi connectivity index (χ0v) is 14.2. The predicted molar refractivity (Wildman–Crippen MR) is 90.3 cm³/mol. The van der Waals surface area contributed by atoms with E-state index in [1.165, 1.54) is 11.3 Å². The van der Waals surface area contributed by atoms with Crippen molar-refractivity contribution in [2.45, 2.75) is 32.1 Å². The number of hydrogen-bond donors (Lipinski definition) is 2. The Kier molecular flexibility index (Phi) is 5.44. The number of rotatable bonds is 5. The van der Waals surface area contributed by atoms with Gasteiger partial charge in [-0.1, -0.05) is 12.1 Å². The van der Waals surface area contributed by atoms with Crippen molar-refractivity contribution in [3.8, 4) is 5.75 Å². The van der Waals surface area contributed by atoms with E-state index in [0.717, 1.165) is 10.6 Å². The molecule has 1 aromatic carbocycles. The number of hydrogen-bond acceptors (Lipinski definition) is 6. The molecule has 0 unspecified atom stereocenters. The highest BCUT2D eigenvalue weighted by molar-refractivity contribution is 7.09. The van der Waals surface area contributed by atoms with Gasteiger partial charge < -0.3 is 19.9 Å². The van der Waals surface area contributed by atoms with E-state index in [4.69, 9.17) is 14.6 Å². The summed E-state index contributed by atoms with van der Waals surface area (Å²) in [6.07, 6.45) is 0.427.